The van der Waals surface area contributed by atoms with Crippen molar-refractivity contribution in [1.82, 2.24) is 9.80 Å². The van der Waals surface area contributed by atoms with Gasteiger partial charge in [-0.1, -0.05) is 12.1 Å². The summed E-state index contributed by atoms with van der Waals surface area (Å²) in [5.74, 6) is -0.0297. The van der Waals surface area contributed by atoms with Gasteiger partial charge in [0.1, 0.15) is 0 Å². The van der Waals surface area contributed by atoms with Crippen LogP contribution in [0.4, 0.5) is 5.69 Å². The average molecular weight is 305 g/mol. The molecule has 5 nitrogen and oxygen atoms in total. The highest BCUT2D eigenvalue weighted by atomic mass is 16.5. The first-order valence-electron chi connectivity index (χ1n) is 7.90. The molecule has 0 spiro atoms. The Kier molecular flexibility index (Phi) is 6.36. The molecule has 1 aliphatic heterocycles. The first kappa shape index (κ1) is 16.9. The van der Waals surface area contributed by atoms with E-state index in [2.05, 4.69) is 34.2 Å². The molecule has 1 heterocycles. The molecule has 0 aromatic heterocycles. The minimum Gasteiger partial charge on any atom is -0.383 e. The van der Waals surface area contributed by atoms with Gasteiger partial charge in [-0.25, -0.2) is 0 Å². The largest absolute Gasteiger partial charge is 0.383 e. The van der Waals surface area contributed by atoms with E-state index in [0.29, 0.717) is 6.04 Å². The van der Waals surface area contributed by atoms with Crippen LogP contribution in [0, 0.1) is 0 Å². The number of carbonyl (C=O) groups is 1. The summed E-state index contributed by atoms with van der Waals surface area (Å²) in [5.41, 5.74) is 2.11. The fourth-order valence-electron chi connectivity index (χ4n) is 2.92. The van der Waals surface area contributed by atoms with Crippen LogP contribution in [0.2, 0.25) is 0 Å². The molecular formula is C17H27N3O2. The Bertz CT molecular complexity index is 485. The molecule has 0 radical (unpaired) electrons. The van der Waals surface area contributed by atoms with E-state index in [0.717, 1.165) is 45.0 Å². The Balaban J connectivity index is 1.84. The van der Waals surface area contributed by atoms with Crippen molar-refractivity contribution >= 4 is 11.6 Å². The molecule has 1 fully saturated rings. The Morgan fingerprint density at radius 2 is 2.05 bits per heavy atom. The van der Waals surface area contributed by atoms with E-state index in [1.165, 1.54) is 12.5 Å². The Morgan fingerprint density at radius 1 is 1.32 bits per heavy atom. The molecule has 0 bridgehead atoms. The van der Waals surface area contributed by atoms with Crippen molar-refractivity contribution in [3.05, 3.63) is 29.8 Å². The number of piperazine rings is 1. The maximum atomic E-state index is 11.1. The molecule has 1 N–H and O–H groups in total. The molecule has 1 aliphatic rings. The van der Waals surface area contributed by atoms with Crippen LogP contribution in [0.1, 0.15) is 19.4 Å². The van der Waals surface area contributed by atoms with Crippen LogP contribution >= 0.6 is 0 Å². The molecule has 22 heavy (non-hydrogen) atoms. The first-order valence-corrected chi connectivity index (χ1v) is 7.90. The van der Waals surface area contributed by atoms with E-state index < -0.39 is 0 Å². The molecule has 2 rings (SSSR count). The predicted molar refractivity (Wildman–Crippen MR) is 88.9 cm³/mol. The fourth-order valence-corrected chi connectivity index (χ4v) is 2.92. The number of nitrogens with one attached hydrogen (secondary N) is 1. The van der Waals surface area contributed by atoms with Crippen molar-refractivity contribution in [3.63, 3.8) is 0 Å². The van der Waals surface area contributed by atoms with Gasteiger partial charge in [0, 0.05) is 58.5 Å². The Labute approximate surface area is 133 Å². The van der Waals surface area contributed by atoms with E-state index in [4.69, 9.17) is 4.74 Å². The van der Waals surface area contributed by atoms with Crippen LogP contribution in [-0.4, -0.2) is 61.6 Å². The van der Waals surface area contributed by atoms with E-state index in [9.17, 15) is 4.79 Å². The van der Waals surface area contributed by atoms with Crippen molar-refractivity contribution < 1.29 is 9.53 Å². The lowest BCUT2D eigenvalue weighted by molar-refractivity contribution is -0.114. The second-order valence-electron chi connectivity index (χ2n) is 6.00. The van der Waals surface area contributed by atoms with Gasteiger partial charge in [0.2, 0.25) is 5.91 Å². The highest BCUT2D eigenvalue weighted by Crippen LogP contribution is 2.15. The predicted octanol–water partition coefficient (Wildman–Crippen LogP) is 1.80. The van der Waals surface area contributed by atoms with Crippen LogP contribution in [0.15, 0.2) is 24.3 Å². The van der Waals surface area contributed by atoms with Gasteiger partial charge >= 0.3 is 0 Å². The number of methoxy groups -OCH3 is 1. The van der Waals surface area contributed by atoms with Gasteiger partial charge in [-0.15, -0.1) is 0 Å². The summed E-state index contributed by atoms with van der Waals surface area (Å²) in [6.45, 7) is 9.77. The van der Waals surface area contributed by atoms with Gasteiger partial charge in [0.05, 0.1) is 6.61 Å². The van der Waals surface area contributed by atoms with Gasteiger partial charge in [0.15, 0.2) is 0 Å². The minimum absolute atomic E-state index is 0.0297. The molecule has 1 aromatic carbocycles. The van der Waals surface area contributed by atoms with E-state index in [-0.39, 0.29) is 5.91 Å². The molecule has 5 heteroatoms. The van der Waals surface area contributed by atoms with Crippen LogP contribution in [0.3, 0.4) is 0 Å². The summed E-state index contributed by atoms with van der Waals surface area (Å²) < 4.78 is 5.23. The van der Waals surface area contributed by atoms with Crippen LogP contribution in [-0.2, 0) is 16.1 Å². The number of carbonyl (C=O) groups excluding carboxylic acids is 1. The topological polar surface area (TPSA) is 44.8 Å². The third-order valence-electron chi connectivity index (χ3n) is 4.09. The number of rotatable bonds is 6. The number of ether oxygens (including phenoxy) is 1. The molecule has 1 aromatic rings. The fraction of sp³-hybridized carbons (Fsp3) is 0.588. The summed E-state index contributed by atoms with van der Waals surface area (Å²) in [7, 11) is 1.76. The van der Waals surface area contributed by atoms with Crippen molar-refractivity contribution in [2.75, 3.05) is 45.2 Å². The smallest absolute Gasteiger partial charge is 0.221 e. The molecule has 1 saturated heterocycles. The summed E-state index contributed by atoms with van der Waals surface area (Å²) in [6.07, 6.45) is 0. The van der Waals surface area contributed by atoms with Crippen LogP contribution in [0.5, 0.6) is 0 Å². The average Bonchev–Trinajstić information content (AvgIpc) is 2.48. The maximum absolute atomic E-state index is 11.1. The van der Waals surface area contributed by atoms with Crippen LogP contribution < -0.4 is 5.32 Å². The van der Waals surface area contributed by atoms with E-state index in [1.54, 1.807) is 7.11 Å². The quantitative estimate of drug-likeness (QED) is 0.870. The zero-order chi connectivity index (χ0) is 15.9. The summed E-state index contributed by atoms with van der Waals surface area (Å²) in [6, 6.07) is 8.58. The Morgan fingerprint density at radius 3 is 2.68 bits per heavy atom. The lowest BCUT2D eigenvalue weighted by Gasteiger charge is -2.37. The summed E-state index contributed by atoms with van der Waals surface area (Å²) >= 11 is 0. The van der Waals surface area contributed by atoms with Gasteiger partial charge in [-0.2, -0.15) is 0 Å². The van der Waals surface area contributed by atoms with Gasteiger partial charge in [0.25, 0.3) is 0 Å². The second kappa shape index (κ2) is 8.27. The van der Waals surface area contributed by atoms with E-state index in [1.807, 2.05) is 12.1 Å². The van der Waals surface area contributed by atoms with Crippen molar-refractivity contribution in [2.24, 2.45) is 0 Å². The van der Waals surface area contributed by atoms with E-state index >= 15 is 0 Å². The third kappa shape index (κ3) is 5.09. The number of anilines is 1. The van der Waals surface area contributed by atoms with Crippen LogP contribution in [0.25, 0.3) is 0 Å². The molecule has 1 amide bonds. The summed E-state index contributed by atoms with van der Waals surface area (Å²) in [4.78, 5) is 16.1. The van der Waals surface area contributed by atoms with Crippen molar-refractivity contribution in [1.29, 1.82) is 0 Å². The van der Waals surface area contributed by atoms with Gasteiger partial charge < -0.3 is 10.1 Å². The zero-order valence-electron chi connectivity index (χ0n) is 13.8. The lowest BCUT2D eigenvalue weighted by atomic mass is 10.1. The summed E-state index contributed by atoms with van der Waals surface area (Å²) in [5, 5.41) is 2.84. The molecular weight excluding hydrogens is 278 g/mol. The highest BCUT2D eigenvalue weighted by Gasteiger charge is 2.20. The normalized spacial score (nSPS) is 18.1. The lowest BCUT2D eigenvalue weighted by Crippen LogP contribution is -2.50. The molecule has 1 atom stereocenters. The monoisotopic (exact) mass is 305 g/mol. The number of amides is 1. The molecule has 122 valence electrons. The molecule has 0 aliphatic carbocycles. The maximum Gasteiger partial charge on any atom is 0.221 e. The SMILES string of the molecule is COC[C@H](C)N1CCN(Cc2cccc(NC(C)=O)c2)CC1. The zero-order valence-corrected chi connectivity index (χ0v) is 13.8. The number of hydrogen-bond acceptors (Lipinski definition) is 4. The first-order chi connectivity index (χ1) is 10.6. The number of benzene rings is 1. The third-order valence-corrected chi connectivity index (χ3v) is 4.09. The molecule has 0 unspecified atom stereocenters. The Hall–Kier alpha value is -1.43. The van der Waals surface area contributed by atoms with Crippen molar-refractivity contribution in [3.8, 4) is 0 Å². The van der Waals surface area contributed by atoms with Gasteiger partial charge in [-0.05, 0) is 24.6 Å². The standard InChI is InChI=1S/C17H27N3O2/c1-14(13-22-3)20-9-7-19(8-10-20)12-16-5-4-6-17(11-16)18-15(2)21/h4-6,11,14H,7-10,12-13H2,1-3H3,(H,18,21)/t14-/m0/s1. The number of nitrogens with zero attached hydrogens (tertiary/aromatic N) is 2. The van der Waals surface area contributed by atoms with Crippen molar-refractivity contribution in [2.45, 2.75) is 26.4 Å². The minimum atomic E-state index is -0.0297. The molecule has 0 saturated carbocycles. The second-order valence-corrected chi connectivity index (χ2v) is 6.00. The highest BCUT2D eigenvalue weighted by molar-refractivity contribution is 5.88. The number of hydrogen-bond donors (Lipinski definition) is 1. The van der Waals surface area contributed by atoms with Gasteiger partial charge in [-0.3, -0.25) is 14.6 Å².